The van der Waals surface area contributed by atoms with Gasteiger partial charge in [-0.05, 0) is 24.6 Å². The second-order valence-corrected chi connectivity index (χ2v) is 9.36. The first-order chi connectivity index (χ1) is 16.6. The lowest BCUT2D eigenvalue weighted by Gasteiger charge is -2.25. The van der Waals surface area contributed by atoms with E-state index in [1.54, 1.807) is 16.2 Å². The summed E-state index contributed by atoms with van der Waals surface area (Å²) in [6, 6.07) is 27.7. The highest BCUT2D eigenvalue weighted by Gasteiger charge is 2.37. The Kier molecular flexibility index (Phi) is 6.23. The Morgan fingerprint density at radius 2 is 1.65 bits per heavy atom. The van der Waals surface area contributed by atoms with Gasteiger partial charge in [-0.1, -0.05) is 72.8 Å². The van der Waals surface area contributed by atoms with E-state index in [1.807, 2.05) is 85.1 Å². The molecule has 2 atom stereocenters. The minimum atomic E-state index is -0.356. The molecule has 5 nitrogen and oxygen atoms in total. The number of rotatable bonds is 6. The molecule has 1 fully saturated rings. The molecule has 4 aromatic rings. The van der Waals surface area contributed by atoms with E-state index < -0.39 is 0 Å². The standard InChI is InChI=1S/C28H25N3O2S/c1-19(20-8-4-2-5-9-20)31-17-23(16-26(31)32)27(33)29-24-14-12-21(13-15-24)25-18-34-28(30-25)22-10-6-3-7-11-22/h2-15,18-19,23H,16-17H2,1H3,(H,29,33). The van der Waals surface area contributed by atoms with Crippen LogP contribution in [0.15, 0.2) is 90.3 Å². The number of aromatic nitrogens is 1. The number of hydrogen-bond acceptors (Lipinski definition) is 4. The number of nitrogens with zero attached hydrogens (tertiary/aromatic N) is 2. The van der Waals surface area contributed by atoms with E-state index in [0.29, 0.717) is 12.2 Å². The Bertz CT molecular complexity index is 1290. The summed E-state index contributed by atoms with van der Waals surface area (Å²) in [5, 5.41) is 6.00. The highest BCUT2D eigenvalue weighted by molar-refractivity contribution is 7.13. The van der Waals surface area contributed by atoms with Gasteiger partial charge >= 0.3 is 0 Å². The van der Waals surface area contributed by atoms with Crippen molar-refractivity contribution in [3.63, 3.8) is 0 Å². The van der Waals surface area contributed by atoms with Crippen molar-refractivity contribution in [2.24, 2.45) is 5.92 Å². The van der Waals surface area contributed by atoms with Gasteiger partial charge in [0, 0.05) is 35.2 Å². The summed E-state index contributed by atoms with van der Waals surface area (Å²) in [7, 11) is 0. The van der Waals surface area contributed by atoms with Crippen LogP contribution in [0.25, 0.3) is 21.8 Å². The van der Waals surface area contributed by atoms with Crippen LogP contribution in [0.5, 0.6) is 0 Å². The molecule has 1 aromatic heterocycles. The van der Waals surface area contributed by atoms with Crippen LogP contribution in [0.4, 0.5) is 5.69 Å². The highest BCUT2D eigenvalue weighted by Crippen LogP contribution is 2.31. The van der Waals surface area contributed by atoms with Crippen LogP contribution in [-0.4, -0.2) is 28.2 Å². The fourth-order valence-electron chi connectivity index (χ4n) is 4.28. The molecular weight excluding hydrogens is 442 g/mol. The van der Waals surface area contributed by atoms with Gasteiger partial charge in [-0.15, -0.1) is 11.3 Å². The molecule has 6 heteroatoms. The quantitative estimate of drug-likeness (QED) is 0.377. The van der Waals surface area contributed by atoms with E-state index in [4.69, 9.17) is 4.98 Å². The minimum absolute atomic E-state index is 0.0182. The maximum absolute atomic E-state index is 12.9. The SMILES string of the molecule is CC(c1ccccc1)N1CC(C(=O)Nc2ccc(-c3csc(-c4ccccc4)n3)cc2)CC1=O. The normalized spacial score (nSPS) is 16.4. The van der Waals surface area contributed by atoms with Gasteiger partial charge in [-0.3, -0.25) is 9.59 Å². The van der Waals surface area contributed by atoms with Crippen LogP contribution >= 0.6 is 11.3 Å². The maximum Gasteiger partial charge on any atom is 0.229 e. The van der Waals surface area contributed by atoms with Gasteiger partial charge in [0.1, 0.15) is 5.01 Å². The summed E-state index contributed by atoms with van der Waals surface area (Å²) < 4.78 is 0. The molecule has 0 aliphatic carbocycles. The number of amides is 2. The smallest absolute Gasteiger partial charge is 0.229 e. The minimum Gasteiger partial charge on any atom is -0.335 e. The average Bonchev–Trinajstić information content (AvgIpc) is 3.53. The number of carbonyl (C=O) groups excluding carboxylic acids is 2. The van der Waals surface area contributed by atoms with Crippen LogP contribution in [0, 0.1) is 5.92 Å². The third kappa shape index (κ3) is 4.63. The van der Waals surface area contributed by atoms with E-state index >= 15 is 0 Å². The molecule has 0 bridgehead atoms. The summed E-state index contributed by atoms with van der Waals surface area (Å²) in [6.45, 7) is 2.44. The number of benzene rings is 3. The number of anilines is 1. The Morgan fingerprint density at radius 1 is 0.971 bits per heavy atom. The van der Waals surface area contributed by atoms with Gasteiger partial charge < -0.3 is 10.2 Å². The summed E-state index contributed by atoms with van der Waals surface area (Å²) in [6.07, 6.45) is 0.238. The largest absolute Gasteiger partial charge is 0.335 e. The lowest BCUT2D eigenvalue weighted by molar-refractivity contribution is -0.129. The molecule has 1 N–H and O–H groups in total. The summed E-state index contributed by atoms with van der Waals surface area (Å²) in [4.78, 5) is 32.0. The molecule has 1 aliphatic heterocycles. The van der Waals surface area contributed by atoms with E-state index in [9.17, 15) is 9.59 Å². The zero-order chi connectivity index (χ0) is 23.5. The van der Waals surface area contributed by atoms with Gasteiger partial charge in [0.05, 0.1) is 17.7 Å². The van der Waals surface area contributed by atoms with E-state index in [1.165, 1.54) is 0 Å². The van der Waals surface area contributed by atoms with Gasteiger partial charge in [0.2, 0.25) is 11.8 Å². The van der Waals surface area contributed by atoms with Crippen molar-refractivity contribution >= 4 is 28.8 Å². The monoisotopic (exact) mass is 467 g/mol. The van der Waals surface area contributed by atoms with Crippen molar-refractivity contribution in [1.29, 1.82) is 0 Å². The second kappa shape index (κ2) is 9.61. The van der Waals surface area contributed by atoms with Gasteiger partial charge in [-0.25, -0.2) is 4.98 Å². The lowest BCUT2D eigenvalue weighted by Crippen LogP contribution is -2.30. The molecule has 2 heterocycles. The number of likely N-dealkylation sites (tertiary alicyclic amines) is 1. The fraction of sp³-hybridized carbons (Fsp3) is 0.179. The molecule has 1 aliphatic rings. The number of carbonyl (C=O) groups is 2. The van der Waals surface area contributed by atoms with Crippen molar-refractivity contribution in [3.05, 3.63) is 95.9 Å². The Balaban J connectivity index is 1.22. The molecule has 3 aromatic carbocycles. The van der Waals surface area contributed by atoms with E-state index in [2.05, 4.69) is 17.4 Å². The summed E-state index contributed by atoms with van der Waals surface area (Å²) in [5.41, 5.74) is 4.80. The molecule has 0 spiro atoms. The van der Waals surface area contributed by atoms with Crippen molar-refractivity contribution in [2.75, 3.05) is 11.9 Å². The van der Waals surface area contributed by atoms with Crippen molar-refractivity contribution < 1.29 is 9.59 Å². The van der Waals surface area contributed by atoms with Gasteiger partial charge in [-0.2, -0.15) is 0 Å². The van der Waals surface area contributed by atoms with Crippen molar-refractivity contribution in [2.45, 2.75) is 19.4 Å². The van der Waals surface area contributed by atoms with Crippen LogP contribution in [-0.2, 0) is 9.59 Å². The predicted molar refractivity (Wildman–Crippen MR) is 136 cm³/mol. The van der Waals surface area contributed by atoms with Crippen LogP contribution in [0.2, 0.25) is 0 Å². The van der Waals surface area contributed by atoms with Gasteiger partial charge in [0.25, 0.3) is 0 Å². The molecule has 5 rings (SSSR count). The van der Waals surface area contributed by atoms with Crippen molar-refractivity contribution in [1.82, 2.24) is 9.88 Å². The fourth-order valence-corrected chi connectivity index (χ4v) is 5.12. The average molecular weight is 468 g/mol. The zero-order valence-corrected chi connectivity index (χ0v) is 19.7. The first-order valence-corrected chi connectivity index (χ1v) is 12.2. The van der Waals surface area contributed by atoms with E-state index in [-0.39, 0.29) is 30.2 Å². The molecule has 1 saturated heterocycles. The number of hydrogen-bond donors (Lipinski definition) is 1. The molecule has 2 unspecified atom stereocenters. The van der Waals surface area contributed by atoms with Crippen LogP contribution < -0.4 is 5.32 Å². The molecule has 2 amide bonds. The molecular formula is C28H25N3O2S. The van der Waals surface area contributed by atoms with E-state index in [0.717, 1.165) is 27.4 Å². The summed E-state index contributed by atoms with van der Waals surface area (Å²) in [5.74, 6) is -0.459. The van der Waals surface area contributed by atoms with Gasteiger partial charge in [0.15, 0.2) is 0 Å². The number of thiazole rings is 1. The molecule has 0 radical (unpaired) electrons. The topological polar surface area (TPSA) is 62.3 Å². The third-order valence-electron chi connectivity index (χ3n) is 6.25. The maximum atomic E-state index is 12.9. The van der Waals surface area contributed by atoms with Crippen LogP contribution in [0.3, 0.4) is 0 Å². The zero-order valence-electron chi connectivity index (χ0n) is 18.8. The first-order valence-electron chi connectivity index (χ1n) is 11.3. The molecule has 170 valence electrons. The number of nitrogens with one attached hydrogen (secondary N) is 1. The molecule has 34 heavy (non-hydrogen) atoms. The highest BCUT2D eigenvalue weighted by atomic mass is 32.1. The van der Waals surface area contributed by atoms with Crippen molar-refractivity contribution in [3.8, 4) is 21.8 Å². The van der Waals surface area contributed by atoms with Crippen LogP contribution in [0.1, 0.15) is 24.9 Å². The second-order valence-electron chi connectivity index (χ2n) is 8.50. The summed E-state index contributed by atoms with van der Waals surface area (Å²) >= 11 is 1.61. The Labute approximate surface area is 203 Å². The predicted octanol–water partition coefficient (Wildman–Crippen LogP) is 6.03. The Morgan fingerprint density at radius 3 is 2.35 bits per heavy atom. The third-order valence-corrected chi connectivity index (χ3v) is 7.14. The first kappa shape index (κ1) is 22.0. The lowest BCUT2D eigenvalue weighted by atomic mass is 10.1. The molecule has 0 saturated carbocycles. The Hall–Kier alpha value is -3.77.